The van der Waals surface area contributed by atoms with Crippen molar-refractivity contribution in [3.8, 4) is 11.1 Å². The first-order valence-electron chi connectivity index (χ1n) is 13.8. The van der Waals surface area contributed by atoms with Crippen LogP contribution in [-0.2, 0) is 12.8 Å². The molecule has 0 aliphatic heterocycles. The fourth-order valence-corrected chi connectivity index (χ4v) is 6.97. The summed E-state index contributed by atoms with van der Waals surface area (Å²) in [6.07, 6.45) is 14.6. The minimum absolute atomic E-state index is 0.383. The van der Waals surface area contributed by atoms with Gasteiger partial charge in [-0.3, -0.25) is 0 Å². The number of allylic oxidation sites excluding steroid dienone is 5. The smallest absolute Gasteiger partial charge is 0.00826 e. The van der Waals surface area contributed by atoms with Gasteiger partial charge in [0.1, 0.15) is 0 Å². The van der Waals surface area contributed by atoms with Crippen molar-refractivity contribution in [2.45, 2.75) is 79.1 Å². The van der Waals surface area contributed by atoms with E-state index < -0.39 is 0 Å². The van der Waals surface area contributed by atoms with E-state index in [1.54, 1.807) is 5.56 Å². The van der Waals surface area contributed by atoms with Crippen LogP contribution in [0.4, 0.5) is 0 Å². The minimum atomic E-state index is 0.383. The molecule has 3 aliphatic rings. The summed E-state index contributed by atoms with van der Waals surface area (Å²) in [6.45, 7) is 18.0. The van der Waals surface area contributed by atoms with Gasteiger partial charge in [0.2, 0.25) is 0 Å². The molecule has 0 bridgehead atoms. The molecule has 0 saturated heterocycles. The molecule has 2 aromatic carbocycles. The van der Waals surface area contributed by atoms with Gasteiger partial charge in [0.25, 0.3) is 0 Å². The van der Waals surface area contributed by atoms with Gasteiger partial charge >= 0.3 is 0 Å². The zero-order valence-corrected chi connectivity index (χ0v) is 22.3. The molecule has 1 fully saturated rings. The Kier molecular flexibility index (Phi) is 6.75. The molecule has 5 rings (SSSR count). The predicted octanol–water partition coefficient (Wildman–Crippen LogP) is 9.75. The lowest BCUT2D eigenvalue weighted by molar-refractivity contribution is 0.281. The van der Waals surface area contributed by atoms with Gasteiger partial charge in [0.15, 0.2) is 0 Å². The maximum absolute atomic E-state index is 4.42. The molecule has 0 heteroatoms. The van der Waals surface area contributed by atoms with Crippen molar-refractivity contribution in [3.63, 3.8) is 0 Å². The van der Waals surface area contributed by atoms with Gasteiger partial charge < -0.3 is 0 Å². The fourth-order valence-electron chi connectivity index (χ4n) is 6.97. The van der Waals surface area contributed by atoms with E-state index in [-0.39, 0.29) is 0 Å². The van der Waals surface area contributed by atoms with Gasteiger partial charge in [-0.25, -0.2) is 0 Å². The van der Waals surface area contributed by atoms with Crippen molar-refractivity contribution < 1.29 is 0 Å². The molecule has 0 spiro atoms. The van der Waals surface area contributed by atoms with E-state index in [0.717, 1.165) is 31.1 Å². The quantitative estimate of drug-likeness (QED) is 0.388. The van der Waals surface area contributed by atoms with Crippen molar-refractivity contribution in [2.75, 3.05) is 0 Å². The van der Waals surface area contributed by atoms with Crippen LogP contribution in [-0.4, -0.2) is 0 Å². The fraction of sp³-hybridized carbons (Fsp3) is 0.429. The molecular formula is C35H42. The summed E-state index contributed by atoms with van der Waals surface area (Å²) < 4.78 is 0. The Bertz CT molecular complexity index is 1230. The zero-order chi connectivity index (χ0) is 24.7. The second kappa shape index (κ2) is 9.81. The van der Waals surface area contributed by atoms with Gasteiger partial charge in [-0.1, -0.05) is 104 Å². The van der Waals surface area contributed by atoms with Crippen molar-refractivity contribution >= 4 is 6.08 Å². The molecule has 2 aromatic rings. The van der Waals surface area contributed by atoms with Crippen LogP contribution in [0.15, 0.2) is 71.9 Å². The number of hydrogen-bond acceptors (Lipinski definition) is 0. The lowest BCUT2D eigenvalue weighted by Crippen LogP contribution is -2.16. The molecule has 0 heterocycles. The third kappa shape index (κ3) is 4.90. The van der Waals surface area contributed by atoms with Gasteiger partial charge in [0.05, 0.1) is 0 Å². The first-order chi connectivity index (χ1) is 16.8. The van der Waals surface area contributed by atoms with Crippen LogP contribution in [0.1, 0.15) is 80.2 Å². The molecule has 35 heavy (non-hydrogen) atoms. The molecule has 0 nitrogen and oxygen atoms in total. The summed E-state index contributed by atoms with van der Waals surface area (Å²) in [7, 11) is 0. The van der Waals surface area contributed by atoms with Crippen molar-refractivity contribution in [2.24, 2.45) is 17.8 Å². The van der Waals surface area contributed by atoms with E-state index in [4.69, 9.17) is 0 Å². The highest BCUT2D eigenvalue weighted by Gasteiger charge is 2.27. The molecule has 3 unspecified atom stereocenters. The highest BCUT2D eigenvalue weighted by molar-refractivity contribution is 5.80. The van der Waals surface area contributed by atoms with Crippen LogP contribution < -0.4 is 0 Å². The second-order valence-electron chi connectivity index (χ2n) is 11.8. The molecule has 0 radical (unpaired) electrons. The predicted molar refractivity (Wildman–Crippen MR) is 153 cm³/mol. The number of fused-ring (bicyclic) bond motifs is 1. The zero-order valence-electron chi connectivity index (χ0n) is 22.3. The Balaban J connectivity index is 1.45. The summed E-state index contributed by atoms with van der Waals surface area (Å²) in [4.78, 5) is 0. The van der Waals surface area contributed by atoms with Gasteiger partial charge in [-0.15, -0.1) is 0 Å². The van der Waals surface area contributed by atoms with Crippen LogP contribution >= 0.6 is 0 Å². The van der Waals surface area contributed by atoms with Crippen LogP contribution in [0.3, 0.4) is 0 Å². The van der Waals surface area contributed by atoms with E-state index in [0.29, 0.717) is 5.92 Å². The van der Waals surface area contributed by atoms with Crippen LogP contribution in [0.2, 0.25) is 0 Å². The van der Waals surface area contributed by atoms with Gasteiger partial charge in [0, 0.05) is 5.92 Å². The molecule has 0 aromatic heterocycles. The summed E-state index contributed by atoms with van der Waals surface area (Å²) in [5.74, 6) is 2.08. The standard InChI is InChI=1S/C35H42/c1-22-9-7-10-28(16-22)19-33-26(5)15-23(2)17-35(33)31-12-8-11-30-18-29(21-34(30)31)20-32-25(4)14-13-24(3)27(32)6/h8,11-13,15,17-18,22,28,32H,4,6-7,9-10,14,16,19-21H2,1-3,5H3. The minimum Gasteiger partial charge on any atom is -0.0989 e. The average molecular weight is 463 g/mol. The molecule has 182 valence electrons. The maximum atomic E-state index is 4.42. The largest absolute Gasteiger partial charge is 0.0989 e. The molecule has 3 aliphatic carbocycles. The Hall–Kier alpha value is -2.60. The van der Waals surface area contributed by atoms with E-state index in [2.05, 4.69) is 83.3 Å². The van der Waals surface area contributed by atoms with Crippen LogP contribution in [0.25, 0.3) is 17.2 Å². The summed E-state index contributed by atoms with van der Waals surface area (Å²) >= 11 is 0. The van der Waals surface area contributed by atoms with E-state index >= 15 is 0 Å². The second-order valence-corrected chi connectivity index (χ2v) is 11.8. The highest BCUT2D eigenvalue weighted by Crippen LogP contribution is 2.43. The molecule has 0 amide bonds. The van der Waals surface area contributed by atoms with E-state index in [1.807, 2.05) is 0 Å². The lowest BCUT2D eigenvalue weighted by Gasteiger charge is -2.28. The Morgan fingerprint density at radius 2 is 1.80 bits per heavy atom. The van der Waals surface area contributed by atoms with Gasteiger partial charge in [-0.05, 0) is 104 Å². The first kappa shape index (κ1) is 24.1. The number of aryl methyl sites for hydroxylation is 2. The number of benzene rings is 2. The lowest BCUT2D eigenvalue weighted by atomic mass is 9.77. The monoisotopic (exact) mass is 462 g/mol. The number of rotatable bonds is 5. The summed E-state index contributed by atoms with van der Waals surface area (Å²) in [5, 5.41) is 0. The van der Waals surface area contributed by atoms with Crippen LogP contribution in [0.5, 0.6) is 0 Å². The molecule has 0 N–H and O–H groups in total. The first-order valence-corrected chi connectivity index (χ1v) is 13.8. The van der Waals surface area contributed by atoms with Gasteiger partial charge in [-0.2, -0.15) is 0 Å². The Labute approximate surface area is 213 Å². The Morgan fingerprint density at radius 1 is 0.971 bits per heavy atom. The maximum Gasteiger partial charge on any atom is 0.00826 e. The Morgan fingerprint density at radius 3 is 2.60 bits per heavy atom. The molecule has 3 atom stereocenters. The highest BCUT2D eigenvalue weighted by atomic mass is 14.3. The summed E-state index contributed by atoms with van der Waals surface area (Å²) in [6, 6.07) is 11.8. The third-order valence-electron chi connectivity index (χ3n) is 8.98. The normalized spacial score (nSPS) is 24.3. The van der Waals surface area contributed by atoms with Crippen molar-refractivity contribution in [1.29, 1.82) is 0 Å². The topological polar surface area (TPSA) is 0 Å². The molecule has 1 saturated carbocycles. The van der Waals surface area contributed by atoms with E-state index in [1.165, 1.54) is 87.8 Å². The molecular weight excluding hydrogens is 420 g/mol. The third-order valence-corrected chi connectivity index (χ3v) is 8.98. The average Bonchev–Trinajstić information content (AvgIpc) is 3.24. The van der Waals surface area contributed by atoms with E-state index in [9.17, 15) is 0 Å². The van der Waals surface area contributed by atoms with Crippen LogP contribution in [0, 0.1) is 31.6 Å². The van der Waals surface area contributed by atoms with Crippen molar-refractivity contribution in [3.05, 3.63) is 99.7 Å². The number of hydrogen-bond donors (Lipinski definition) is 0. The van der Waals surface area contributed by atoms with Crippen molar-refractivity contribution in [1.82, 2.24) is 0 Å². The SMILES string of the molecule is C=C1CC=C(C)C(=C)C1CC1=Cc2cccc(-c3cc(C)cc(C)c3CC3CCCC(C)C3)c2C1. The summed E-state index contributed by atoms with van der Waals surface area (Å²) in [5.41, 5.74) is 15.8.